The number of halogens is 3. The summed E-state index contributed by atoms with van der Waals surface area (Å²) in [6.07, 6.45) is 0.723. The van der Waals surface area contributed by atoms with Crippen LogP contribution in [0.25, 0.3) is 11.2 Å². The van der Waals surface area contributed by atoms with Crippen LogP contribution in [0, 0.1) is 0 Å². The van der Waals surface area contributed by atoms with Crippen LogP contribution in [0.3, 0.4) is 0 Å². The first-order chi connectivity index (χ1) is 16.8. The standard InChI is InChI=1S/C24H28F3N7O2/c1-14(16-11-17(24(25,26)27)13-18(28)12-16)30-20-21-31-19(32-34(21)10-7-29-20)15-5-8-33(9-6-15)22(35)36-23(2,3)4/h5,7,10-14H,6,8-9,28H2,1-4H3,(H,29,30)/t14-/m1/s1. The Morgan fingerprint density at radius 3 is 2.61 bits per heavy atom. The molecule has 12 heteroatoms. The number of carbonyl (C=O) groups is 1. The molecule has 1 atom stereocenters. The first-order valence-corrected chi connectivity index (χ1v) is 11.4. The molecule has 2 aromatic heterocycles. The summed E-state index contributed by atoms with van der Waals surface area (Å²) in [6, 6.07) is 2.92. The summed E-state index contributed by atoms with van der Waals surface area (Å²) in [5.74, 6) is 0.859. The van der Waals surface area contributed by atoms with Gasteiger partial charge in [-0.25, -0.2) is 19.3 Å². The lowest BCUT2D eigenvalue weighted by atomic mass is 10.0. The summed E-state index contributed by atoms with van der Waals surface area (Å²) in [5, 5.41) is 7.64. The van der Waals surface area contributed by atoms with Gasteiger partial charge in [-0.2, -0.15) is 13.2 Å². The summed E-state index contributed by atoms with van der Waals surface area (Å²) in [6.45, 7) is 8.01. The zero-order chi connectivity index (χ0) is 26.3. The molecule has 0 saturated carbocycles. The van der Waals surface area contributed by atoms with Crippen LogP contribution >= 0.6 is 0 Å². The highest BCUT2D eigenvalue weighted by molar-refractivity contribution is 5.72. The highest BCUT2D eigenvalue weighted by atomic mass is 19.4. The SMILES string of the molecule is C[C@@H](Nc1nccn2nc(C3=CCN(C(=O)OC(C)(C)C)CC3)nc12)c1cc(N)cc(C(F)(F)F)c1. The maximum Gasteiger partial charge on any atom is 0.416 e. The lowest BCUT2D eigenvalue weighted by Crippen LogP contribution is -2.39. The number of ether oxygens (including phenoxy) is 1. The Kier molecular flexibility index (Phi) is 6.54. The molecule has 9 nitrogen and oxygen atoms in total. The number of rotatable bonds is 4. The van der Waals surface area contributed by atoms with Crippen molar-refractivity contribution in [3.63, 3.8) is 0 Å². The number of aromatic nitrogens is 4. The molecule has 0 fully saturated rings. The Labute approximate surface area is 206 Å². The van der Waals surface area contributed by atoms with Gasteiger partial charge >= 0.3 is 12.3 Å². The molecule has 36 heavy (non-hydrogen) atoms. The number of nitrogens with two attached hydrogens (primary N) is 1. The van der Waals surface area contributed by atoms with Crippen molar-refractivity contribution in [3.05, 3.63) is 53.6 Å². The second kappa shape index (κ2) is 9.32. The largest absolute Gasteiger partial charge is 0.444 e. The van der Waals surface area contributed by atoms with E-state index in [2.05, 4.69) is 20.4 Å². The van der Waals surface area contributed by atoms with E-state index in [1.54, 1.807) is 22.5 Å². The molecule has 0 saturated heterocycles. The van der Waals surface area contributed by atoms with E-state index in [9.17, 15) is 18.0 Å². The van der Waals surface area contributed by atoms with Gasteiger partial charge < -0.3 is 20.7 Å². The van der Waals surface area contributed by atoms with E-state index in [1.807, 2.05) is 26.8 Å². The van der Waals surface area contributed by atoms with E-state index in [-0.39, 0.29) is 11.8 Å². The number of hydrogen-bond donors (Lipinski definition) is 2. The Balaban J connectivity index is 1.54. The van der Waals surface area contributed by atoms with E-state index >= 15 is 0 Å². The second-order valence-corrected chi connectivity index (χ2v) is 9.64. The van der Waals surface area contributed by atoms with Gasteiger partial charge in [-0.05, 0) is 63.5 Å². The Bertz CT molecular complexity index is 1310. The lowest BCUT2D eigenvalue weighted by Gasteiger charge is -2.29. The summed E-state index contributed by atoms with van der Waals surface area (Å²) in [4.78, 5) is 22.8. The molecule has 1 aliphatic rings. The zero-order valence-electron chi connectivity index (χ0n) is 20.4. The van der Waals surface area contributed by atoms with Crippen molar-refractivity contribution >= 4 is 28.8 Å². The maximum absolute atomic E-state index is 13.2. The fraction of sp³-hybridized carbons (Fsp3) is 0.417. The van der Waals surface area contributed by atoms with Gasteiger partial charge in [0.25, 0.3) is 0 Å². The van der Waals surface area contributed by atoms with Gasteiger partial charge in [0.1, 0.15) is 5.60 Å². The molecule has 1 amide bonds. The molecule has 0 radical (unpaired) electrons. The van der Waals surface area contributed by atoms with Gasteiger partial charge in [0, 0.05) is 31.2 Å². The van der Waals surface area contributed by atoms with Gasteiger partial charge in [-0.3, -0.25) is 0 Å². The summed E-state index contributed by atoms with van der Waals surface area (Å²) < 4.78 is 46.6. The van der Waals surface area contributed by atoms with Crippen molar-refractivity contribution in [3.8, 4) is 0 Å². The van der Waals surface area contributed by atoms with Gasteiger partial charge in [-0.15, -0.1) is 5.10 Å². The maximum atomic E-state index is 13.2. The molecule has 1 aromatic carbocycles. The van der Waals surface area contributed by atoms with Crippen molar-refractivity contribution in [1.82, 2.24) is 24.5 Å². The van der Waals surface area contributed by atoms with Gasteiger partial charge in [0.2, 0.25) is 0 Å². The monoisotopic (exact) mass is 503 g/mol. The normalized spacial score (nSPS) is 15.5. The number of benzene rings is 1. The van der Waals surface area contributed by atoms with E-state index < -0.39 is 23.4 Å². The van der Waals surface area contributed by atoms with Crippen LogP contribution in [0.1, 0.15) is 57.1 Å². The first-order valence-electron chi connectivity index (χ1n) is 11.4. The molecule has 192 valence electrons. The third-order valence-corrected chi connectivity index (χ3v) is 5.56. The van der Waals surface area contributed by atoms with Gasteiger partial charge in [0.05, 0.1) is 11.6 Å². The number of amides is 1. The van der Waals surface area contributed by atoms with Crippen LogP contribution in [0.5, 0.6) is 0 Å². The molecule has 3 N–H and O–H groups in total. The third kappa shape index (κ3) is 5.69. The highest BCUT2D eigenvalue weighted by Gasteiger charge is 2.31. The number of carbonyl (C=O) groups excluding carboxylic acids is 1. The number of anilines is 2. The van der Waals surface area contributed by atoms with Crippen LogP contribution in [-0.4, -0.2) is 49.3 Å². The van der Waals surface area contributed by atoms with Crippen LogP contribution < -0.4 is 11.1 Å². The van der Waals surface area contributed by atoms with Crippen molar-refractivity contribution in [2.24, 2.45) is 0 Å². The van der Waals surface area contributed by atoms with Gasteiger partial charge in [-0.1, -0.05) is 6.08 Å². The molecule has 0 spiro atoms. The highest BCUT2D eigenvalue weighted by Crippen LogP contribution is 2.33. The molecule has 1 aliphatic heterocycles. The second-order valence-electron chi connectivity index (χ2n) is 9.64. The fourth-order valence-corrected chi connectivity index (χ4v) is 3.80. The predicted molar refractivity (Wildman–Crippen MR) is 129 cm³/mol. The fourth-order valence-electron chi connectivity index (χ4n) is 3.80. The van der Waals surface area contributed by atoms with E-state index in [0.717, 1.165) is 17.7 Å². The first kappa shape index (κ1) is 25.3. The summed E-state index contributed by atoms with van der Waals surface area (Å²) in [5.41, 5.74) is 6.02. The number of alkyl halides is 3. The minimum absolute atomic E-state index is 0.0223. The smallest absolute Gasteiger partial charge is 0.416 e. The van der Waals surface area contributed by atoms with Crippen molar-refractivity contribution in [2.45, 2.75) is 51.9 Å². The third-order valence-electron chi connectivity index (χ3n) is 5.56. The van der Waals surface area contributed by atoms with E-state index in [0.29, 0.717) is 42.4 Å². The number of nitrogen functional groups attached to an aromatic ring is 1. The molecule has 0 aliphatic carbocycles. The molecule has 0 bridgehead atoms. The van der Waals surface area contributed by atoms with Crippen LogP contribution in [0.2, 0.25) is 0 Å². The quantitative estimate of drug-likeness (QED) is 0.486. The van der Waals surface area contributed by atoms with Crippen molar-refractivity contribution in [1.29, 1.82) is 0 Å². The predicted octanol–water partition coefficient (Wildman–Crippen LogP) is 4.92. The van der Waals surface area contributed by atoms with Crippen molar-refractivity contribution in [2.75, 3.05) is 24.1 Å². The van der Waals surface area contributed by atoms with Crippen molar-refractivity contribution < 1.29 is 22.7 Å². The zero-order valence-corrected chi connectivity index (χ0v) is 20.4. The topological polar surface area (TPSA) is 111 Å². The van der Waals surface area contributed by atoms with Crippen LogP contribution in [-0.2, 0) is 10.9 Å². The Hall–Kier alpha value is -3.83. The number of nitrogens with zero attached hydrogens (tertiary/aromatic N) is 5. The minimum atomic E-state index is -4.50. The molecular formula is C24H28F3N7O2. The molecule has 0 unspecified atom stereocenters. The Morgan fingerprint density at radius 1 is 1.22 bits per heavy atom. The molecule has 4 rings (SSSR count). The van der Waals surface area contributed by atoms with E-state index in [4.69, 9.17) is 10.5 Å². The Morgan fingerprint density at radius 2 is 1.97 bits per heavy atom. The van der Waals surface area contributed by atoms with Crippen LogP contribution in [0.15, 0.2) is 36.7 Å². The number of nitrogens with one attached hydrogen (secondary N) is 1. The summed E-state index contributed by atoms with van der Waals surface area (Å²) in [7, 11) is 0. The van der Waals surface area contributed by atoms with Crippen LogP contribution in [0.4, 0.5) is 29.5 Å². The minimum Gasteiger partial charge on any atom is -0.444 e. The van der Waals surface area contributed by atoms with Gasteiger partial charge in [0.15, 0.2) is 17.3 Å². The average molecular weight is 504 g/mol. The lowest BCUT2D eigenvalue weighted by molar-refractivity contribution is -0.137. The molecule has 3 heterocycles. The molecular weight excluding hydrogens is 475 g/mol. The molecule has 3 aromatic rings. The van der Waals surface area contributed by atoms with E-state index in [1.165, 1.54) is 12.3 Å². The average Bonchev–Trinajstić information content (AvgIpc) is 3.22. The number of hydrogen-bond acceptors (Lipinski definition) is 7. The number of fused-ring (bicyclic) bond motifs is 1. The summed E-state index contributed by atoms with van der Waals surface area (Å²) >= 11 is 0.